The van der Waals surface area contributed by atoms with Gasteiger partial charge < -0.3 is 4.74 Å². The van der Waals surface area contributed by atoms with Crippen LogP contribution in [-0.2, 0) is 6.18 Å². The van der Waals surface area contributed by atoms with Crippen LogP contribution in [-0.4, -0.2) is 14.9 Å². The Morgan fingerprint density at radius 3 is 2.52 bits per heavy atom. The highest BCUT2D eigenvalue weighted by molar-refractivity contribution is 5.90. The lowest BCUT2D eigenvalue weighted by Crippen LogP contribution is -2.04. The number of alkyl halides is 3. The highest BCUT2D eigenvalue weighted by Gasteiger charge is 2.30. The summed E-state index contributed by atoms with van der Waals surface area (Å²) < 4.78 is 43.9. The zero-order chi connectivity index (χ0) is 18.2. The van der Waals surface area contributed by atoms with Crippen molar-refractivity contribution >= 4 is 16.6 Å². The Morgan fingerprint density at radius 1 is 1.12 bits per heavy atom. The maximum atomic E-state index is 12.8. The molecule has 25 heavy (non-hydrogen) atoms. The van der Waals surface area contributed by atoms with E-state index in [1.807, 2.05) is 0 Å². The molecule has 6 nitrogen and oxygen atoms in total. The number of benzene rings is 2. The van der Waals surface area contributed by atoms with Crippen molar-refractivity contribution in [2.75, 3.05) is 0 Å². The second kappa shape index (κ2) is 6.00. The molecule has 0 amide bonds. The Hall–Kier alpha value is -3.23. The van der Waals surface area contributed by atoms with E-state index in [-0.39, 0.29) is 34.0 Å². The maximum absolute atomic E-state index is 12.8. The molecule has 0 N–H and O–H groups in total. The fraction of sp³-hybridized carbons (Fsp3) is 0.125. The Bertz CT molecular complexity index is 974. The minimum atomic E-state index is -4.51. The van der Waals surface area contributed by atoms with Gasteiger partial charge in [0.05, 0.1) is 15.9 Å². The predicted molar refractivity (Wildman–Crippen MR) is 82.4 cm³/mol. The number of hydrogen-bond acceptors (Lipinski definition) is 5. The number of non-ortho nitro benzene ring substituents is 1. The number of nitro benzene ring substituents is 1. The molecule has 1 aromatic heterocycles. The normalized spacial score (nSPS) is 11.5. The number of nitro groups is 1. The second-order valence-electron chi connectivity index (χ2n) is 5.13. The third kappa shape index (κ3) is 3.35. The van der Waals surface area contributed by atoms with E-state index in [4.69, 9.17) is 4.74 Å². The van der Waals surface area contributed by atoms with Gasteiger partial charge in [0.15, 0.2) is 5.52 Å². The molecule has 0 fully saturated rings. The Morgan fingerprint density at radius 2 is 1.84 bits per heavy atom. The SMILES string of the molecule is Cc1nc(Oc2cccc(C(F)(F)F)c2)c2cccc([N+](=O)[O-])c2n1. The van der Waals surface area contributed by atoms with Gasteiger partial charge in [-0.3, -0.25) is 10.1 Å². The first-order valence-electron chi connectivity index (χ1n) is 7.02. The van der Waals surface area contributed by atoms with Gasteiger partial charge in [0, 0.05) is 6.07 Å². The summed E-state index contributed by atoms with van der Waals surface area (Å²) in [4.78, 5) is 18.6. The van der Waals surface area contributed by atoms with Gasteiger partial charge in [0.1, 0.15) is 11.6 Å². The molecule has 0 saturated heterocycles. The van der Waals surface area contributed by atoms with E-state index in [0.29, 0.717) is 0 Å². The number of fused-ring (bicyclic) bond motifs is 1. The standard InChI is InChI=1S/C16H10F3N3O3/c1-9-20-14-12(6-3-7-13(14)22(23)24)15(21-9)25-11-5-2-4-10(8-11)16(17,18)19/h2-8H,1H3. The van der Waals surface area contributed by atoms with Crippen molar-refractivity contribution in [1.82, 2.24) is 9.97 Å². The van der Waals surface area contributed by atoms with Gasteiger partial charge in [-0.05, 0) is 31.2 Å². The third-order valence-electron chi connectivity index (χ3n) is 3.35. The van der Waals surface area contributed by atoms with Gasteiger partial charge in [0.25, 0.3) is 5.69 Å². The van der Waals surface area contributed by atoms with E-state index in [1.165, 1.54) is 37.3 Å². The van der Waals surface area contributed by atoms with Crippen LogP contribution in [0.1, 0.15) is 11.4 Å². The molecule has 9 heteroatoms. The lowest BCUT2D eigenvalue weighted by atomic mass is 10.2. The van der Waals surface area contributed by atoms with Gasteiger partial charge in [0.2, 0.25) is 5.88 Å². The van der Waals surface area contributed by atoms with Crippen molar-refractivity contribution in [2.45, 2.75) is 13.1 Å². The number of hydrogen-bond donors (Lipinski definition) is 0. The molecule has 3 rings (SSSR count). The van der Waals surface area contributed by atoms with E-state index in [9.17, 15) is 23.3 Å². The molecular formula is C16H10F3N3O3. The van der Waals surface area contributed by atoms with Crippen LogP contribution < -0.4 is 4.74 Å². The molecule has 2 aromatic carbocycles. The number of aromatic nitrogens is 2. The van der Waals surface area contributed by atoms with Crippen LogP contribution in [0.4, 0.5) is 18.9 Å². The first kappa shape index (κ1) is 16.6. The van der Waals surface area contributed by atoms with Crippen molar-refractivity contribution in [1.29, 1.82) is 0 Å². The van der Waals surface area contributed by atoms with E-state index < -0.39 is 16.7 Å². The first-order valence-corrected chi connectivity index (χ1v) is 7.02. The molecule has 0 saturated carbocycles. The van der Waals surface area contributed by atoms with E-state index in [0.717, 1.165) is 12.1 Å². The summed E-state index contributed by atoms with van der Waals surface area (Å²) in [5.41, 5.74) is -1.05. The van der Waals surface area contributed by atoms with Crippen molar-refractivity contribution in [3.05, 3.63) is 64.0 Å². The molecule has 1 heterocycles. The van der Waals surface area contributed by atoms with Gasteiger partial charge in [-0.25, -0.2) is 4.98 Å². The number of rotatable bonds is 3. The summed E-state index contributed by atoms with van der Waals surface area (Å²) >= 11 is 0. The number of ether oxygens (including phenoxy) is 1. The average molecular weight is 349 g/mol. The molecule has 0 aliphatic rings. The summed E-state index contributed by atoms with van der Waals surface area (Å²) in [7, 11) is 0. The molecule has 0 radical (unpaired) electrons. The lowest BCUT2D eigenvalue weighted by molar-refractivity contribution is -0.383. The molecule has 0 aliphatic heterocycles. The van der Waals surface area contributed by atoms with Crippen molar-refractivity contribution in [3.63, 3.8) is 0 Å². The monoisotopic (exact) mass is 349 g/mol. The molecule has 128 valence electrons. The van der Waals surface area contributed by atoms with E-state index in [2.05, 4.69) is 9.97 Å². The summed E-state index contributed by atoms with van der Waals surface area (Å²) in [6.45, 7) is 1.51. The van der Waals surface area contributed by atoms with Gasteiger partial charge in [-0.15, -0.1) is 0 Å². The number of halogens is 3. The molecule has 0 spiro atoms. The number of aryl methyl sites for hydroxylation is 1. The largest absolute Gasteiger partial charge is 0.438 e. The van der Waals surface area contributed by atoms with E-state index in [1.54, 1.807) is 0 Å². The summed E-state index contributed by atoms with van der Waals surface area (Å²) in [5.74, 6) is 0.0648. The van der Waals surface area contributed by atoms with Crippen LogP contribution in [0.3, 0.4) is 0 Å². The Balaban J connectivity index is 2.11. The van der Waals surface area contributed by atoms with Crippen LogP contribution >= 0.6 is 0 Å². The average Bonchev–Trinajstić information content (AvgIpc) is 2.53. The minimum absolute atomic E-state index is 0.0504. The minimum Gasteiger partial charge on any atom is -0.438 e. The maximum Gasteiger partial charge on any atom is 0.416 e. The highest BCUT2D eigenvalue weighted by Crippen LogP contribution is 2.35. The molecule has 3 aromatic rings. The van der Waals surface area contributed by atoms with Crippen LogP contribution in [0.2, 0.25) is 0 Å². The lowest BCUT2D eigenvalue weighted by Gasteiger charge is -2.11. The summed E-state index contributed by atoms with van der Waals surface area (Å²) in [6, 6.07) is 8.51. The quantitative estimate of drug-likeness (QED) is 0.508. The smallest absolute Gasteiger partial charge is 0.416 e. The van der Waals surface area contributed by atoms with Crippen LogP contribution in [0.5, 0.6) is 11.6 Å². The fourth-order valence-corrected chi connectivity index (χ4v) is 2.29. The van der Waals surface area contributed by atoms with Gasteiger partial charge in [-0.2, -0.15) is 18.2 Å². The first-order chi connectivity index (χ1) is 11.8. The molecule has 0 bridgehead atoms. The molecule has 0 atom stereocenters. The fourth-order valence-electron chi connectivity index (χ4n) is 2.29. The van der Waals surface area contributed by atoms with Crippen molar-refractivity contribution in [3.8, 4) is 11.6 Å². The third-order valence-corrected chi connectivity index (χ3v) is 3.35. The zero-order valence-corrected chi connectivity index (χ0v) is 12.7. The number of para-hydroxylation sites is 1. The molecule has 0 aliphatic carbocycles. The highest BCUT2D eigenvalue weighted by atomic mass is 19.4. The topological polar surface area (TPSA) is 78.2 Å². The van der Waals surface area contributed by atoms with Crippen LogP contribution in [0.25, 0.3) is 10.9 Å². The number of nitrogens with zero attached hydrogens (tertiary/aromatic N) is 3. The van der Waals surface area contributed by atoms with Gasteiger partial charge >= 0.3 is 6.18 Å². The molecule has 0 unspecified atom stereocenters. The Kier molecular flexibility index (Phi) is 3.99. The van der Waals surface area contributed by atoms with Crippen molar-refractivity contribution in [2.24, 2.45) is 0 Å². The summed E-state index contributed by atoms with van der Waals surface area (Å²) in [5, 5.41) is 11.4. The van der Waals surface area contributed by atoms with Gasteiger partial charge in [-0.1, -0.05) is 12.1 Å². The van der Waals surface area contributed by atoms with Crippen LogP contribution in [0.15, 0.2) is 42.5 Å². The van der Waals surface area contributed by atoms with Crippen molar-refractivity contribution < 1.29 is 22.8 Å². The zero-order valence-electron chi connectivity index (χ0n) is 12.7. The van der Waals surface area contributed by atoms with Crippen LogP contribution in [0, 0.1) is 17.0 Å². The Labute approximate surface area is 139 Å². The van der Waals surface area contributed by atoms with E-state index >= 15 is 0 Å². The molecular weight excluding hydrogens is 339 g/mol. The second-order valence-corrected chi connectivity index (χ2v) is 5.13. The predicted octanol–water partition coefficient (Wildman–Crippen LogP) is 4.66. The summed E-state index contributed by atoms with van der Waals surface area (Å²) in [6.07, 6.45) is -4.51.